The highest BCUT2D eigenvalue weighted by atomic mass is 19.1. The lowest BCUT2D eigenvalue weighted by Crippen LogP contribution is -2.10. The van der Waals surface area contributed by atoms with Crippen LogP contribution in [0, 0.1) is 11.7 Å². The molecule has 0 aromatic heterocycles. The smallest absolute Gasteiger partial charge is 0.165 e. The molecule has 0 amide bonds. The Kier molecular flexibility index (Phi) is 5.09. The maximum absolute atomic E-state index is 13.1. The van der Waals surface area contributed by atoms with Crippen molar-refractivity contribution in [3.8, 4) is 5.75 Å². The lowest BCUT2D eigenvalue weighted by molar-refractivity contribution is 0.0927. The van der Waals surface area contributed by atoms with Crippen molar-refractivity contribution in [3.05, 3.63) is 65.5 Å². The maximum atomic E-state index is 13.1. The van der Waals surface area contributed by atoms with Crippen LogP contribution in [0.25, 0.3) is 0 Å². The molecule has 0 aliphatic carbocycles. The highest BCUT2D eigenvalue weighted by Crippen LogP contribution is 2.19. The minimum absolute atomic E-state index is 0.00321. The van der Waals surface area contributed by atoms with Crippen molar-refractivity contribution in [2.75, 3.05) is 0 Å². The Balaban J connectivity index is 2.06. The molecule has 110 valence electrons. The molecule has 0 aliphatic rings. The third-order valence-electron chi connectivity index (χ3n) is 3.47. The molecule has 21 heavy (non-hydrogen) atoms. The van der Waals surface area contributed by atoms with Gasteiger partial charge in [-0.2, -0.15) is 0 Å². The molecule has 0 heterocycles. The quantitative estimate of drug-likeness (QED) is 0.723. The Morgan fingerprint density at radius 3 is 2.67 bits per heavy atom. The first kappa shape index (κ1) is 15.2. The van der Waals surface area contributed by atoms with E-state index in [4.69, 9.17) is 4.74 Å². The Bertz CT molecular complexity index is 622. The van der Waals surface area contributed by atoms with E-state index in [-0.39, 0.29) is 24.1 Å². The Morgan fingerprint density at radius 1 is 1.19 bits per heavy atom. The van der Waals surface area contributed by atoms with Crippen LogP contribution in [-0.2, 0) is 6.61 Å². The summed E-state index contributed by atoms with van der Waals surface area (Å²) in [5.41, 5.74) is 1.41. The van der Waals surface area contributed by atoms with Crippen molar-refractivity contribution in [2.45, 2.75) is 26.9 Å². The van der Waals surface area contributed by atoms with Gasteiger partial charge in [0.25, 0.3) is 0 Å². The predicted molar refractivity (Wildman–Crippen MR) is 81.0 cm³/mol. The maximum Gasteiger partial charge on any atom is 0.165 e. The number of ether oxygens (including phenoxy) is 1. The molecule has 0 bridgehead atoms. The van der Waals surface area contributed by atoms with E-state index in [9.17, 15) is 9.18 Å². The normalized spacial score (nSPS) is 12.0. The number of hydrogen-bond donors (Lipinski definition) is 0. The third kappa shape index (κ3) is 4.15. The second kappa shape index (κ2) is 7.02. The number of carbonyl (C=O) groups excluding carboxylic acids is 1. The summed E-state index contributed by atoms with van der Waals surface area (Å²) in [4.78, 5) is 12.1. The van der Waals surface area contributed by atoms with Crippen LogP contribution in [0.5, 0.6) is 5.75 Å². The summed E-state index contributed by atoms with van der Waals surface area (Å²) in [6.45, 7) is 4.19. The summed E-state index contributed by atoms with van der Waals surface area (Å²) in [6, 6.07) is 13.4. The fourth-order valence-electron chi connectivity index (χ4n) is 2.00. The molecule has 0 radical (unpaired) electrons. The number of carbonyl (C=O) groups is 1. The fraction of sp³-hybridized carbons (Fsp3) is 0.278. The third-order valence-corrected chi connectivity index (χ3v) is 3.47. The van der Waals surface area contributed by atoms with Gasteiger partial charge in [-0.3, -0.25) is 4.79 Å². The van der Waals surface area contributed by atoms with Crippen LogP contribution in [0.4, 0.5) is 4.39 Å². The zero-order chi connectivity index (χ0) is 15.2. The van der Waals surface area contributed by atoms with Crippen molar-refractivity contribution in [1.82, 2.24) is 0 Å². The minimum Gasteiger partial charge on any atom is -0.489 e. The highest BCUT2D eigenvalue weighted by molar-refractivity contribution is 5.97. The number of rotatable bonds is 6. The molecule has 2 aromatic rings. The molecule has 0 spiro atoms. The van der Waals surface area contributed by atoms with Crippen molar-refractivity contribution < 1.29 is 13.9 Å². The van der Waals surface area contributed by atoms with Gasteiger partial charge in [0.05, 0.1) is 0 Å². The number of halogens is 1. The van der Waals surface area contributed by atoms with E-state index in [2.05, 4.69) is 0 Å². The summed E-state index contributed by atoms with van der Waals surface area (Å²) < 4.78 is 18.7. The number of benzene rings is 2. The van der Waals surface area contributed by atoms with Gasteiger partial charge >= 0.3 is 0 Å². The molecule has 1 unspecified atom stereocenters. The topological polar surface area (TPSA) is 26.3 Å². The standard InChI is InChI=1S/C18H19FO2/c1-3-13(2)18(20)15-7-5-9-17(11-15)21-12-14-6-4-8-16(19)10-14/h4-11,13H,3,12H2,1-2H3. The number of ketones is 1. The van der Waals surface area contributed by atoms with Crippen molar-refractivity contribution >= 4 is 5.78 Å². The second-order valence-electron chi connectivity index (χ2n) is 5.12. The van der Waals surface area contributed by atoms with Gasteiger partial charge in [0.1, 0.15) is 18.2 Å². The summed E-state index contributed by atoms with van der Waals surface area (Å²) in [7, 11) is 0. The zero-order valence-corrected chi connectivity index (χ0v) is 12.3. The largest absolute Gasteiger partial charge is 0.489 e. The van der Waals surface area contributed by atoms with Crippen LogP contribution < -0.4 is 4.74 Å². The van der Waals surface area contributed by atoms with Gasteiger partial charge in [-0.1, -0.05) is 38.1 Å². The van der Waals surface area contributed by atoms with E-state index in [1.807, 2.05) is 13.8 Å². The van der Waals surface area contributed by atoms with Gasteiger partial charge in [-0.05, 0) is 36.2 Å². The molecule has 0 N–H and O–H groups in total. The average molecular weight is 286 g/mol. The number of hydrogen-bond acceptors (Lipinski definition) is 2. The van der Waals surface area contributed by atoms with E-state index in [1.165, 1.54) is 12.1 Å². The molecule has 2 aromatic carbocycles. The van der Waals surface area contributed by atoms with E-state index >= 15 is 0 Å². The van der Waals surface area contributed by atoms with Gasteiger partial charge in [-0.25, -0.2) is 4.39 Å². The van der Waals surface area contributed by atoms with E-state index in [0.717, 1.165) is 12.0 Å². The van der Waals surface area contributed by atoms with E-state index in [0.29, 0.717) is 11.3 Å². The monoisotopic (exact) mass is 286 g/mol. The molecule has 0 fully saturated rings. The average Bonchev–Trinajstić information content (AvgIpc) is 2.52. The van der Waals surface area contributed by atoms with Crippen LogP contribution >= 0.6 is 0 Å². The van der Waals surface area contributed by atoms with Gasteiger partial charge in [0.15, 0.2) is 5.78 Å². The SMILES string of the molecule is CCC(C)C(=O)c1cccc(OCc2cccc(F)c2)c1. The molecule has 1 atom stereocenters. The molecule has 2 rings (SSSR count). The summed E-state index contributed by atoms with van der Waals surface area (Å²) in [6.07, 6.45) is 0.813. The number of Topliss-reactive ketones (excluding diaryl/α,β-unsaturated/α-hetero) is 1. The molecule has 2 nitrogen and oxygen atoms in total. The highest BCUT2D eigenvalue weighted by Gasteiger charge is 2.13. The van der Waals surface area contributed by atoms with E-state index < -0.39 is 0 Å². The van der Waals surface area contributed by atoms with Crippen LogP contribution in [0.15, 0.2) is 48.5 Å². The van der Waals surface area contributed by atoms with Crippen LogP contribution in [0.2, 0.25) is 0 Å². The van der Waals surface area contributed by atoms with E-state index in [1.54, 1.807) is 36.4 Å². The Morgan fingerprint density at radius 2 is 1.95 bits per heavy atom. The van der Waals surface area contributed by atoms with Crippen LogP contribution in [0.3, 0.4) is 0 Å². The summed E-state index contributed by atoms with van der Waals surface area (Å²) in [5.74, 6) is 0.461. The fourth-order valence-corrected chi connectivity index (χ4v) is 2.00. The molecular formula is C18H19FO2. The molecular weight excluding hydrogens is 267 g/mol. The van der Waals surface area contributed by atoms with Crippen LogP contribution in [0.1, 0.15) is 36.2 Å². The molecule has 3 heteroatoms. The predicted octanol–water partition coefficient (Wildman–Crippen LogP) is 4.63. The van der Waals surface area contributed by atoms with Crippen molar-refractivity contribution in [3.63, 3.8) is 0 Å². The van der Waals surface area contributed by atoms with Gasteiger partial charge in [-0.15, -0.1) is 0 Å². The molecule has 0 saturated heterocycles. The summed E-state index contributed by atoms with van der Waals surface area (Å²) in [5, 5.41) is 0. The van der Waals surface area contributed by atoms with Crippen LogP contribution in [-0.4, -0.2) is 5.78 Å². The Hall–Kier alpha value is -2.16. The lowest BCUT2D eigenvalue weighted by atomic mass is 9.97. The van der Waals surface area contributed by atoms with Gasteiger partial charge < -0.3 is 4.74 Å². The molecule has 0 saturated carbocycles. The van der Waals surface area contributed by atoms with Gasteiger partial charge in [0.2, 0.25) is 0 Å². The molecule has 0 aliphatic heterocycles. The first-order chi connectivity index (χ1) is 10.1. The lowest BCUT2D eigenvalue weighted by Gasteiger charge is -2.10. The first-order valence-corrected chi connectivity index (χ1v) is 7.11. The second-order valence-corrected chi connectivity index (χ2v) is 5.12. The minimum atomic E-state index is -0.281. The van der Waals surface area contributed by atoms with Gasteiger partial charge in [0, 0.05) is 11.5 Å². The summed E-state index contributed by atoms with van der Waals surface area (Å²) >= 11 is 0. The Labute approximate surface area is 124 Å². The zero-order valence-electron chi connectivity index (χ0n) is 12.3. The van der Waals surface area contributed by atoms with Crippen molar-refractivity contribution in [2.24, 2.45) is 5.92 Å². The van der Waals surface area contributed by atoms with Crippen molar-refractivity contribution in [1.29, 1.82) is 0 Å². The first-order valence-electron chi connectivity index (χ1n) is 7.11.